The third kappa shape index (κ3) is 6.41. The fraction of sp³-hybridized carbons (Fsp3) is 0.417. The summed E-state index contributed by atoms with van der Waals surface area (Å²) in [6, 6.07) is 8.96. The van der Waals surface area contributed by atoms with E-state index in [0.717, 1.165) is 9.69 Å². The molecule has 3 heterocycles. The number of fused-ring (bicyclic) bond motifs is 2. The summed E-state index contributed by atoms with van der Waals surface area (Å²) in [5.74, 6) is -1.89. The normalized spacial score (nSPS) is 18.9. The van der Waals surface area contributed by atoms with Gasteiger partial charge in [0.1, 0.15) is 16.7 Å². The Hall–Kier alpha value is -3.87. The Morgan fingerprint density at radius 3 is 2.56 bits per heavy atom. The Balaban J connectivity index is 1.88. The van der Waals surface area contributed by atoms with E-state index in [-0.39, 0.29) is 43.0 Å². The maximum Gasteiger partial charge on any atom is 0.585 e. The number of phosphoric ester groups is 1. The lowest BCUT2D eigenvalue weighted by Gasteiger charge is -2.46. The molecule has 1 saturated heterocycles. The maximum atomic E-state index is 13.7. The molecular weight excluding hydrogens is 535 g/mol. The Morgan fingerprint density at radius 2 is 1.90 bits per heavy atom. The van der Waals surface area contributed by atoms with Crippen LogP contribution in [0.5, 0.6) is 11.5 Å². The number of pyridine rings is 1. The van der Waals surface area contributed by atoms with Crippen molar-refractivity contribution in [2.45, 2.75) is 45.9 Å². The first-order valence-electron chi connectivity index (χ1n) is 12.1. The fourth-order valence-corrected chi connectivity index (χ4v) is 4.63. The van der Waals surface area contributed by atoms with Crippen molar-refractivity contribution in [3.05, 3.63) is 53.6 Å². The first-order valence-corrected chi connectivity index (χ1v) is 13.6. The number of morpholine rings is 1. The lowest BCUT2D eigenvalue weighted by molar-refractivity contribution is -0.143. The summed E-state index contributed by atoms with van der Waals surface area (Å²) in [6.45, 7) is 6.88. The van der Waals surface area contributed by atoms with Gasteiger partial charge in [-0.1, -0.05) is 30.3 Å². The van der Waals surface area contributed by atoms with E-state index >= 15 is 0 Å². The molecule has 15 heteroatoms. The molecule has 2 aliphatic rings. The van der Waals surface area contributed by atoms with Crippen molar-refractivity contribution in [3.63, 3.8) is 0 Å². The number of carbonyl (C=O) groups excluding carboxylic acids is 3. The van der Waals surface area contributed by atoms with Gasteiger partial charge in [0.25, 0.3) is 5.91 Å². The first-order chi connectivity index (χ1) is 18.4. The molecule has 4 rings (SSSR count). The van der Waals surface area contributed by atoms with Crippen molar-refractivity contribution in [2.75, 3.05) is 24.8 Å². The first kappa shape index (κ1) is 28.1. The van der Waals surface area contributed by atoms with Crippen LogP contribution in [0.4, 0.5) is 4.79 Å². The van der Waals surface area contributed by atoms with E-state index in [9.17, 15) is 23.8 Å². The molecule has 1 fully saturated rings. The summed E-state index contributed by atoms with van der Waals surface area (Å²) < 4.78 is 35.9. The van der Waals surface area contributed by atoms with Crippen LogP contribution in [0.3, 0.4) is 0 Å². The van der Waals surface area contributed by atoms with Crippen molar-refractivity contribution < 1.29 is 47.2 Å². The summed E-state index contributed by atoms with van der Waals surface area (Å²) >= 11 is 0. The van der Waals surface area contributed by atoms with Crippen molar-refractivity contribution >= 4 is 25.8 Å². The standard InChI is InChI=1S/C24H29N4O10P/c1-5-19(29)36-25-17-11-12-27-20(21(17)38-39(32,33)37-16-9-7-6-8-10-16)22(30)26-13-14-34-15-18(26)28(27)23(31)35-24(2,3)4/h6-12,18H,5,13-15H2,1-4H3,(H,32,33)/b25-17+/t18-/m1/s1. The number of para-hydroxylation sites is 1. The molecule has 14 nitrogen and oxygen atoms in total. The highest BCUT2D eigenvalue weighted by Crippen LogP contribution is 2.45. The van der Waals surface area contributed by atoms with Crippen molar-refractivity contribution in [3.8, 4) is 11.5 Å². The van der Waals surface area contributed by atoms with E-state index in [0.29, 0.717) is 0 Å². The Morgan fingerprint density at radius 1 is 1.18 bits per heavy atom. The van der Waals surface area contributed by atoms with Gasteiger partial charge in [-0.25, -0.2) is 18.8 Å². The van der Waals surface area contributed by atoms with Gasteiger partial charge < -0.3 is 28.3 Å². The monoisotopic (exact) mass is 564 g/mol. The summed E-state index contributed by atoms with van der Waals surface area (Å²) in [4.78, 5) is 55.7. The average molecular weight is 564 g/mol. The van der Waals surface area contributed by atoms with Crippen molar-refractivity contribution in [1.29, 1.82) is 0 Å². The number of amides is 2. The number of hydrogen-bond acceptors (Lipinski definition) is 10. The smallest absolute Gasteiger partial charge is 0.442 e. The maximum absolute atomic E-state index is 13.7. The average Bonchev–Trinajstić information content (AvgIpc) is 2.87. The van der Waals surface area contributed by atoms with Gasteiger partial charge in [0, 0.05) is 19.2 Å². The van der Waals surface area contributed by atoms with Gasteiger partial charge in [-0.05, 0) is 39.0 Å². The van der Waals surface area contributed by atoms with E-state index in [1.165, 1.54) is 29.3 Å². The highest BCUT2D eigenvalue weighted by Gasteiger charge is 2.46. The molecule has 2 atom stereocenters. The number of aromatic nitrogens is 1. The lowest BCUT2D eigenvalue weighted by Crippen LogP contribution is -2.67. The molecule has 1 aromatic carbocycles. The number of hydrogen-bond donors (Lipinski definition) is 1. The number of nitrogens with zero attached hydrogens (tertiary/aromatic N) is 4. The van der Waals surface area contributed by atoms with Gasteiger partial charge in [-0.15, -0.1) is 0 Å². The predicted octanol–water partition coefficient (Wildman–Crippen LogP) is 2.50. The lowest BCUT2D eigenvalue weighted by atomic mass is 10.2. The van der Waals surface area contributed by atoms with Crippen molar-refractivity contribution in [2.24, 2.45) is 5.16 Å². The zero-order chi connectivity index (χ0) is 28.4. The van der Waals surface area contributed by atoms with Crippen LogP contribution in [0.2, 0.25) is 0 Å². The summed E-state index contributed by atoms with van der Waals surface area (Å²) in [6.07, 6.45) is -0.402. The Labute approximate surface area is 223 Å². The highest BCUT2D eigenvalue weighted by atomic mass is 31.2. The number of carbonyl (C=O) groups is 3. The molecule has 0 bridgehead atoms. The minimum Gasteiger partial charge on any atom is -0.442 e. The Kier molecular flexibility index (Phi) is 8.00. The van der Waals surface area contributed by atoms with E-state index in [1.54, 1.807) is 45.9 Å². The molecule has 2 amide bonds. The molecular formula is C24H29N4O10P. The van der Waals surface area contributed by atoms with Crippen LogP contribution in [0.25, 0.3) is 0 Å². The van der Waals surface area contributed by atoms with E-state index in [4.69, 9.17) is 23.4 Å². The molecule has 1 unspecified atom stereocenters. The van der Waals surface area contributed by atoms with Crippen LogP contribution >= 0.6 is 7.82 Å². The second-order valence-corrected chi connectivity index (χ2v) is 10.8. The second-order valence-electron chi connectivity index (χ2n) is 9.47. The predicted molar refractivity (Wildman–Crippen MR) is 134 cm³/mol. The van der Waals surface area contributed by atoms with Gasteiger partial charge >= 0.3 is 19.9 Å². The van der Waals surface area contributed by atoms with Crippen LogP contribution in [0, 0.1) is 0 Å². The number of phosphoric acid groups is 1. The molecule has 210 valence electrons. The van der Waals surface area contributed by atoms with Crippen LogP contribution in [0.15, 0.2) is 47.8 Å². The van der Waals surface area contributed by atoms with Crippen LogP contribution in [0.1, 0.15) is 44.6 Å². The number of rotatable bonds is 6. The summed E-state index contributed by atoms with van der Waals surface area (Å²) in [5, 5.41) is 4.61. The fourth-order valence-electron chi connectivity index (χ4n) is 3.79. The van der Waals surface area contributed by atoms with Gasteiger partial charge in [0.15, 0.2) is 17.6 Å². The summed E-state index contributed by atoms with van der Waals surface area (Å²) in [5.41, 5.74) is -1.23. The quantitative estimate of drug-likeness (QED) is 0.314. The molecule has 1 aromatic heterocycles. The minimum absolute atomic E-state index is 0.00416. The number of benzene rings is 1. The molecule has 1 N–H and O–H groups in total. The molecule has 0 radical (unpaired) electrons. The highest BCUT2D eigenvalue weighted by molar-refractivity contribution is 7.48. The van der Waals surface area contributed by atoms with Crippen molar-refractivity contribution in [1.82, 2.24) is 9.58 Å². The third-order valence-corrected chi connectivity index (χ3v) is 6.27. The van der Waals surface area contributed by atoms with E-state index in [2.05, 4.69) is 5.16 Å². The molecule has 0 spiro atoms. The van der Waals surface area contributed by atoms with E-state index in [1.807, 2.05) is 0 Å². The minimum atomic E-state index is -4.95. The Bertz CT molecular complexity index is 1370. The van der Waals surface area contributed by atoms with Gasteiger partial charge in [0.05, 0.1) is 13.2 Å². The molecule has 2 aromatic rings. The molecule has 0 aliphatic carbocycles. The van der Waals surface area contributed by atoms with Gasteiger partial charge in [-0.3, -0.25) is 9.69 Å². The topological polar surface area (TPSA) is 158 Å². The largest absolute Gasteiger partial charge is 0.585 e. The van der Waals surface area contributed by atoms with Crippen LogP contribution in [-0.2, 0) is 23.7 Å². The SMILES string of the molecule is CCC(=O)O/N=c1\ccn2c(c1OP(=O)(O)Oc1ccccc1)C(=O)N1CCOC[C@H]1N2C(=O)OC(C)(C)C. The van der Waals surface area contributed by atoms with Crippen LogP contribution in [-0.4, -0.2) is 64.0 Å². The van der Waals surface area contributed by atoms with Crippen LogP contribution < -0.4 is 19.4 Å². The zero-order valence-electron chi connectivity index (χ0n) is 21.8. The second kappa shape index (κ2) is 11.1. The summed E-state index contributed by atoms with van der Waals surface area (Å²) in [7, 11) is -4.95. The molecule has 0 saturated carbocycles. The molecule has 39 heavy (non-hydrogen) atoms. The third-order valence-electron chi connectivity index (χ3n) is 5.42. The van der Waals surface area contributed by atoms with Gasteiger partial charge in [-0.2, -0.15) is 5.01 Å². The zero-order valence-corrected chi connectivity index (χ0v) is 22.7. The van der Waals surface area contributed by atoms with E-state index < -0.39 is 43.3 Å². The molecule has 2 aliphatic heterocycles. The number of ether oxygens (including phenoxy) is 2. The van der Waals surface area contributed by atoms with Gasteiger partial charge in [0.2, 0.25) is 0 Å².